The van der Waals surface area contributed by atoms with Gasteiger partial charge in [-0.05, 0) is 43.5 Å². The number of anilines is 1. The second-order valence-electron chi connectivity index (χ2n) is 8.00. The molecule has 8 heteroatoms. The van der Waals surface area contributed by atoms with Crippen molar-refractivity contribution in [2.24, 2.45) is 0 Å². The molecule has 0 spiro atoms. The normalized spacial score (nSPS) is 21.2. The summed E-state index contributed by atoms with van der Waals surface area (Å²) in [7, 11) is 0. The number of amides is 3. The molecule has 1 fully saturated rings. The van der Waals surface area contributed by atoms with Crippen LogP contribution in [0.5, 0.6) is 0 Å². The third-order valence-corrected chi connectivity index (χ3v) is 5.98. The van der Waals surface area contributed by atoms with Gasteiger partial charge in [0.25, 0.3) is 5.91 Å². The monoisotopic (exact) mass is 417 g/mol. The summed E-state index contributed by atoms with van der Waals surface area (Å²) in [5.41, 5.74) is 2.65. The Labute approximate surface area is 179 Å². The molecule has 2 aliphatic heterocycles. The molecule has 31 heavy (non-hydrogen) atoms. The Balaban J connectivity index is 1.36. The summed E-state index contributed by atoms with van der Waals surface area (Å²) >= 11 is 0. The maximum absolute atomic E-state index is 13.3. The lowest BCUT2D eigenvalue weighted by Crippen LogP contribution is -2.47. The van der Waals surface area contributed by atoms with Crippen molar-refractivity contribution >= 4 is 34.4 Å². The van der Waals surface area contributed by atoms with E-state index in [-0.39, 0.29) is 30.2 Å². The number of fused-ring (bicyclic) bond motifs is 2. The minimum atomic E-state index is -0.925. The van der Waals surface area contributed by atoms with E-state index in [0.717, 1.165) is 36.1 Å². The SMILES string of the molecule is O=C1NC(CC(=O)N2CCCCC2c2nc3ccccc3[nH]2)C(=O)Nc2ccccc21. The molecule has 158 valence electrons. The number of piperidine rings is 1. The van der Waals surface area contributed by atoms with Crippen molar-refractivity contribution in [1.29, 1.82) is 0 Å². The lowest BCUT2D eigenvalue weighted by molar-refractivity contribution is -0.137. The van der Waals surface area contributed by atoms with Gasteiger partial charge in [0.05, 0.1) is 34.7 Å². The molecule has 1 aromatic heterocycles. The van der Waals surface area contributed by atoms with Gasteiger partial charge >= 0.3 is 0 Å². The molecule has 3 N–H and O–H groups in total. The van der Waals surface area contributed by atoms with Crippen LogP contribution in [0.3, 0.4) is 0 Å². The van der Waals surface area contributed by atoms with E-state index in [0.29, 0.717) is 17.8 Å². The summed E-state index contributed by atoms with van der Waals surface area (Å²) in [6.45, 7) is 0.600. The van der Waals surface area contributed by atoms with Gasteiger partial charge in [-0.25, -0.2) is 4.98 Å². The van der Waals surface area contributed by atoms with Gasteiger partial charge in [0.15, 0.2) is 0 Å². The molecule has 0 saturated carbocycles. The summed E-state index contributed by atoms with van der Waals surface area (Å²) in [4.78, 5) is 48.3. The van der Waals surface area contributed by atoms with Crippen LogP contribution in [-0.4, -0.2) is 45.2 Å². The van der Waals surface area contributed by atoms with E-state index >= 15 is 0 Å². The highest BCUT2D eigenvalue weighted by Gasteiger charge is 2.35. The highest BCUT2D eigenvalue weighted by atomic mass is 16.2. The lowest BCUT2D eigenvalue weighted by Gasteiger charge is -2.35. The van der Waals surface area contributed by atoms with Crippen molar-refractivity contribution < 1.29 is 14.4 Å². The number of rotatable bonds is 3. The number of carbonyl (C=O) groups excluding carboxylic acids is 3. The average Bonchev–Trinajstić information content (AvgIpc) is 3.18. The van der Waals surface area contributed by atoms with Gasteiger partial charge in [0.1, 0.15) is 11.9 Å². The number of benzene rings is 2. The Hall–Kier alpha value is -3.68. The summed E-state index contributed by atoms with van der Waals surface area (Å²) in [6.07, 6.45) is 2.61. The molecule has 0 bridgehead atoms. The number of para-hydroxylation sites is 3. The predicted molar refractivity (Wildman–Crippen MR) is 115 cm³/mol. The molecule has 3 heterocycles. The fraction of sp³-hybridized carbons (Fsp3) is 0.304. The third-order valence-electron chi connectivity index (χ3n) is 5.98. The summed E-state index contributed by atoms with van der Waals surface area (Å²) in [5, 5.41) is 5.47. The molecule has 1 saturated heterocycles. The zero-order valence-electron chi connectivity index (χ0n) is 16.9. The number of aromatic amines is 1. The Morgan fingerprint density at radius 3 is 2.74 bits per heavy atom. The quantitative estimate of drug-likeness (QED) is 0.609. The van der Waals surface area contributed by atoms with E-state index in [9.17, 15) is 14.4 Å². The second kappa shape index (κ2) is 7.86. The molecule has 3 amide bonds. The van der Waals surface area contributed by atoms with Crippen molar-refractivity contribution in [1.82, 2.24) is 20.2 Å². The van der Waals surface area contributed by atoms with Gasteiger partial charge in [0.2, 0.25) is 11.8 Å². The van der Waals surface area contributed by atoms with Crippen LogP contribution in [0.25, 0.3) is 11.0 Å². The Morgan fingerprint density at radius 2 is 1.87 bits per heavy atom. The zero-order chi connectivity index (χ0) is 21.4. The van der Waals surface area contributed by atoms with Crippen LogP contribution in [0.2, 0.25) is 0 Å². The van der Waals surface area contributed by atoms with Gasteiger partial charge in [0, 0.05) is 6.54 Å². The van der Waals surface area contributed by atoms with Gasteiger partial charge < -0.3 is 20.5 Å². The van der Waals surface area contributed by atoms with Crippen molar-refractivity contribution in [2.45, 2.75) is 37.8 Å². The van der Waals surface area contributed by atoms with Crippen LogP contribution < -0.4 is 10.6 Å². The van der Waals surface area contributed by atoms with Crippen LogP contribution in [0.1, 0.15) is 47.9 Å². The first kappa shape index (κ1) is 19.3. The first-order valence-corrected chi connectivity index (χ1v) is 10.5. The van der Waals surface area contributed by atoms with E-state index in [1.807, 2.05) is 24.3 Å². The summed E-state index contributed by atoms with van der Waals surface area (Å²) in [6, 6.07) is 13.5. The Morgan fingerprint density at radius 1 is 1.06 bits per heavy atom. The molecule has 8 nitrogen and oxygen atoms in total. The summed E-state index contributed by atoms with van der Waals surface area (Å²) in [5.74, 6) is -0.157. The van der Waals surface area contributed by atoms with Crippen LogP contribution in [0.15, 0.2) is 48.5 Å². The van der Waals surface area contributed by atoms with E-state index in [1.54, 1.807) is 29.2 Å². The zero-order valence-corrected chi connectivity index (χ0v) is 16.9. The average molecular weight is 417 g/mol. The van der Waals surface area contributed by atoms with E-state index < -0.39 is 6.04 Å². The van der Waals surface area contributed by atoms with Crippen molar-refractivity contribution in [3.05, 3.63) is 59.9 Å². The molecule has 2 aromatic carbocycles. The predicted octanol–water partition coefficient (Wildman–Crippen LogP) is 2.76. The Kier molecular flexibility index (Phi) is 4.89. The molecule has 3 aromatic rings. The van der Waals surface area contributed by atoms with Crippen molar-refractivity contribution in [3.8, 4) is 0 Å². The first-order valence-electron chi connectivity index (χ1n) is 10.5. The topological polar surface area (TPSA) is 107 Å². The van der Waals surface area contributed by atoms with Gasteiger partial charge in [-0.2, -0.15) is 0 Å². The maximum Gasteiger partial charge on any atom is 0.254 e. The van der Waals surface area contributed by atoms with Crippen LogP contribution in [0, 0.1) is 0 Å². The maximum atomic E-state index is 13.3. The number of imidazole rings is 1. The fourth-order valence-corrected chi connectivity index (χ4v) is 4.39. The standard InChI is InChI=1S/C23H23N5O3/c29-20(13-18-23(31)26-15-8-2-1-7-14(15)22(30)27-18)28-12-6-5-11-19(28)21-24-16-9-3-4-10-17(16)25-21/h1-4,7-10,18-19H,5-6,11-13H2,(H,24,25)(H,26,31)(H,27,30). The fourth-order valence-electron chi connectivity index (χ4n) is 4.39. The number of nitrogens with zero attached hydrogens (tertiary/aromatic N) is 2. The molecule has 0 radical (unpaired) electrons. The highest BCUT2D eigenvalue weighted by Crippen LogP contribution is 2.31. The van der Waals surface area contributed by atoms with Gasteiger partial charge in [-0.15, -0.1) is 0 Å². The Bertz CT molecular complexity index is 1140. The molecular weight excluding hydrogens is 394 g/mol. The molecule has 2 atom stereocenters. The number of likely N-dealkylation sites (tertiary alicyclic amines) is 1. The van der Waals surface area contributed by atoms with Crippen LogP contribution in [-0.2, 0) is 9.59 Å². The molecule has 0 aliphatic carbocycles. The van der Waals surface area contributed by atoms with Gasteiger partial charge in [-0.3, -0.25) is 14.4 Å². The van der Waals surface area contributed by atoms with E-state index in [4.69, 9.17) is 0 Å². The third kappa shape index (κ3) is 3.65. The number of H-pyrrole nitrogens is 1. The van der Waals surface area contributed by atoms with Crippen LogP contribution in [0.4, 0.5) is 5.69 Å². The van der Waals surface area contributed by atoms with E-state index in [1.165, 1.54) is 0 Å². The number of aromatic nitrogens is 2. The molecule has 5 rings (SSSR count). The highest BCUT2D eigenvalue weighted by molar-refractivity contribution is 6.10. The minimum absolute atomic E-state index is 0.0950. The molecule has 2 unspecified atom stereocenters. The largest absolute Gasteiger partial charge is 0.340 e. The molecule has 2 aliphatic rings. The van der Waals surface area contributed by atoms with Crippen molar-refractivity contribution in [2.75, 3.05) is 11.9 Å². The molecular formula is C23H23N5O3. The van der Waals surface area contributed by atoms with Crippen LogP contribution >= 0.6 is 0 Å². The summed E-state index contributed by atoms with van der Waals surface area (Å²) < 4.78 is 0. The first-order chi connectivity index (χ1) is 15.1. The lowest BCUT2D eigenvalue weighted by atomic mass is 10.00. The number of hydrogen-bond acceptors (Lipinski definition) is 4. The minimum Gasteiger partial charge on any atom is -0.340 e. The number of nitrogens with one attached hydrogen (secondary N) is 3. The number of hydrogen-bond donors (Lipinski definition) is 3. The van der Waals surface area contributed by atoms with Crippen molar-refractivity contribution in [3.63, 3.8) is 0 Å². The second-order valence-corrected chi connectivity index (χ2v) is 8.00. The smallest absolute Gasteiger partial charge is 0.254 e. The van der Waals surface area contributed by atoms with Gasteiger partial charge in [-0.1, -0.05) is 24.3 Å². The van der Waals surface area contributed by atoms with E-state index in [2.05, 4.69) is 20.6 Å². The number of carbonyl (C=O) groups is 3.